The van der Waals surface area contributed by atoms with Crippen LogP contribution < -0.4 is 16.8 Å². The topological polar surface area (TPSA) is 166 Å². The summed E-state index contributed by atoms with van der Waals surface area (Å²) in [7, 11) is 0. The van der Waals surface area contributed by atoms with E-state index in [2.05, 4.69) is 36.9 Å². The highest BCUT2D eigenvalue weighted by molar-refractivity contribution is 5.88. The number of aryl methyl sites for hydroxylation is 1. The lowest BCUT2D eigenvalue weighted by Gasteiger charge is -2.34. The van der Waals surface area contributed by atoms with Crippen LogP contribution in [-0.4, -0.2) is 54.8 Å². The van der Waals surface area contributed by atoms with Crippen molar-refractivity contribution in [2.75, 3.05) is 17.7 Å². The number of nitrogens with two attached hydrogens (primary N) is 2. The third kappa shape index (κ3) is 5.29. The van der Waals surface area contributed by atoms with Crippen molar-refractivity contribution in [2.24, 2.45) is 17.6 Å². The fourth-order valence-electron chi connectivity index (χ4n) is 6.61. The number of nitrogens with one attached hydrogen (secondary N) is 3. The maximum Gasteiger partial charge on any atom is 0.322 e. The number of aromatic nitrogens is 6. The number of aromatic amines is 2. The van der Waals surface area contributed by atoms with Crippen LogP contribution in [0.5, 0.6) is 0 Å². The number of nitrogen functional groups attached to an aromatic ring is 1. The van der Waals surface area contributed by atoms with Crippen molar-refractivity contribution < 1.29 is 13.9 Å². The molecule has 0 radical (unpaired) electrons. The quantitative estimate of drug-likeness (QED) is 0.142. The number of fused-ring (bicyclic) bond motifs is 4. The second-order valence-electron chi connectivity index (χ2n) is 11.4. The molecule has 42 heavy (non-hydrogen) atoms. The van der Waals surface area contributed by atoms with Gasteiger partial charge in [-0.3, -0.25) is 19.7 Å². The minimum atomic E-state index is -0.644. The van der Waals surface area contributed by atoms with E-state index >= 15 is 0 Å². The molecule has 0 aliphatic heterocycles. The van der Waals surface area contributed by atoms with E-state index in [1.165, 1.54) is 6.07 Å². The molecule has 0 saturated heterocycles. The van der Waals surface area contributed by atoms with E-state index < -0.39 is 17.8 Å². The third-order valence-electron chi connectivity index (χ3n) is 8.56. The van der Waals surface area contributed by atoms with Gasteiger partial charge in [0.1, 0.15) is 18.5 Å². The van der Waals surface area contributed by atoms with Crippen molar-refractivity contribution in [3.8, 4) is 0 Å². The smallest absolute Gasteiger partial charge is 0.322 e. The fraction of sp³-hybridized carbons (Fsp3) is 0.400. The van der Waals surface area contributed by atoms with Gasteiger partial charge in [-0.1, -0.05) is 0 Å². The molecule has 5 atom stereocenters. The highest BCUT2D eigenvalue weighted by atomic mass is 19.1. The number of halogens is 1. The Bertz CT molecular complexity index is 1690. The molecule has 2 saturated carbocycles. The monoisotopic (exact) mass is 573 g/mol. The van der Waals surface area contributed by atoms with Crippen molar-refractivity contribution in [1.82, 2.24) is 30.2 Å². The maximum absolute atomic E-state index is 14.7. The first-order valence-corrected chi connectivity index (χ1v) is 14.3. The number of ether oxygens (including phenoxy) is 1. The summed E-state index contributed by atoms with van der Waals surface area (Å²) < 4.78 is 21.7. The Morgan fingerprint density at radius 1 is 1.19 bits per heavy atom. The van der Waals surface area contributed by atoms with Gasteiger partial charge in [0.05, 0.1) is 35.7 Å². The maximum atomic E-state index is 14.7. The number of carbonyl (C=O) groups is 1. The van der Waals surface area contributed by atoms with Crippen LogP contribution in [0.1, 0.15) is 43.4 Å². The highest BCUT2D eigenvalue weighted by Gasteiger charge is 2.49. The lowest BCUT2D eigenvalue weighted by atomic mass is 9.78. The summed E-state index contributed by atoms with van der Waals surface area (Å²) >= 11 is 0. The Kier molecular flexibility index (Phi) is 7.55. The molecular formula is C30H36FN9O2. The van der Waals surface area contributed by atoms with E-state index in [0.29, 0.717) is 23.9 Å². The van der Waals surface area contributed by atoms with Crippen molar-refractivity contribution in [3.63, 3.8) is 0 Å². The van der Waals surface area contributed by atoms with Gasteiger partial charge in [-0.05, 0) is 74.8 Å². The molecule has 2 aromatic carbocycles. The molecule has 2 bridgehead atoms. The number of rotatable bonds is 7. The second kappa shape index (κ2) is 11.4. The molecule has 7 N–H and O–H groups in total. The summed E-state index contributed by atoms with van der Waals surface area (Å²) in [4.78, 5) is 11.6. The van der Waals surface area contributed by atoms with Crippen LogP contribution in [0.2, 0.25) is 0 Å². The molecule has 7 rings (SSSR count). The van der Waals surface area contributed by atoms with Gasteiger partial charge in [0.25, 0.3) is 0 Å². The lowest BCUT2D eigenvalue weighted by Crippen LogP contribution is -2.34. The molecule has 12 heteroatoms. The van der Waals surface area contributed by atoms with Crippen LogP contribution in [0.3, 0.4) is 0 Å². The van der Waals surface area contributed by atoms with Crippen molar-refractivity contribution in [1.29, 1.82) is 0 Å². The Balaban J connectivity index is 0.000000470. The molecule has 2 fully saturated rings. The largest absolute Gasteiger partial charge is 0.463 e. The van der Waals surface area contributed by atoms with Crippen LogP contribution in [0, 0.1) is 24.6 Å². The van der Waals surface area contributed by atoms with E-state index in [9.17, 15) is 9.18 Å². The summed E-state index contributed by atoms with van der Waals surface area (Å²) in [5.41, 5.74) is 16.7. The molecule has 0 amide bonds. The molecule has 3 unspecified atom stereocenters. The fourth-order valence-corrected chi connectivity index (χ4v) is 6.61. The zero-order chi connectivity index (χ0) is 29.4. The number of hydrogen-bond acceptors (Lipinski definition) is 8. The number of hydrogen-bond donors (Lipinski definition) is 5. The van der Waals surface area contributed by atoms with Crippen molar-refractivity contribution in [2.45, 2.75) is 57.7 Å². The Labute approximate surface area is 242 Å². The SMILES string of the molecule is CC(N)C(=O)OCCn1ncc2cc(N[C@@H]3C4CCC(C4)[C@@H]3c3c(N)c(F)cc4[nH]ncc34)ccc21.Cc1ccn[nH]1. The van der Waals surface area contributed by atoms with Crippen LogP contribution in [0.4, 0.5) is 15.8 Å². The van der Waals surface area contributed by atoms with Gasteiger partial charge < -0.3 is 21.5 Å². The third-order valence-corrected chi connectivity index (χ3v) is 8.56. The van der Waals surface area contributed by atoms with Crippen molar-refractivity contribution >= 4 is 39.1 Å². The summed E-state index contributed by atoms with van der Waals surface area (Å²) in [6.45, 7) is 4.22. The van der Waals surface area contributed by atoms with Gasteiger partial charge in [0, 0.05) is 46.4 Å². The van der Waals surface area contributed by atoms with E-state index in [1.54, 1.807) is 19.3 Å². The average Bonchev–Trinajstić information content (AvgIpc) is 3.81. The second-order valence-corrected chi connectivity index (χ2v) is 11.4. The van der Waals surface area contributed by atoms with E-state index in [1.807, 2.05) is 36.0 Å². The normalized spacial score (nSPS) is 21.8. The molecule has 220 valence electrons. The molecule has 3 aromatic heterocycles. The number of esters is 1. The predicted molar refractivity (Wildman–Crippen MR) is 159 cm³/mol. The number of H-pyrrole nitrogens is 2. The van der Waals surface area contributed by atoms with Gasteiger partial charge in [-0.2, -0.15) is 15.3 Å². The lowest BCUT2D eigenvalue weighted by molar-refractivity contribution is -0.145. The summed E-state index contributed by atoms with van der Waals surface area (Å²) in [5, 5.41) is 23.6. The van der Waals surface area contributed by atoms with Gasteiger partial charge in [0.2, 0.25) is 0 Å². The zero-order valence-electron chi connectivity index (χ0n) is 23.7. The number of nitrogens with zero attached hydrogens (tertiary/aromatic N) is 4. The first-order chi connectivity index (χ1) is 20.3. The standard InChI is InChI=1S/C26H30FN7O2.C4H6N2/c1-13(28)26(35)36-7-6-34-21-5-4-17(9-16(21)11-31-34)32-25-15-3-2-14(8-15)22(25)23-18-12-30-33-20(18)10-19(27)24(23)29;1-4-2-3-5-6-4/h4-5,9-15,22,25,32H,2-3,6-8,28-29H2,1H3,(H,30,33);2-3H,1H3,(H,5,6)/t13?,14?,15?,22-,25-;/m1./s1. The first kappa shape index (κ1) is 27.7. The number of carbonyl (C=O) groups excluding carboxylic acids is 1. The van der Waals surface area contributed by atoms with Crippen molar-refractivity contribution in [3.05, 3.63) is 66.0 Å². The highest BCUT2D eigenvalue weighted by Crippen LogP contribution is 2.56. The Morgan fingerprint density at radius 2 is 2.02 bits per heavy atom. The van der Waals surface area contributed by atoms with E-state index in [-0.39, 0.29) is 24.3 Å². The molecule has 0 spiro atoms. The molecule has 2 aliphatic carbocycles. The molecule has 2 aliphatic rings. The minimum absolute atomic E-state index is 0.109. The minimum Gasteiger partial charge on any atom is -0.463 e. The van der Waals surface area contributed by atoms with Gasteiger partial charge >= 0.3 is 5.97 Å². The summed E-state index contributed by atoms with van der Waals surface area (Å²) in [6.07, 6.45) is 8.69. The zero-order valence-corrected chi connectivity index (χ0v) is 23.7. The van der Waals surface area contributed by atoms with E-state index in [4.69, 9.17) is 16.2 Å². The van der Waals surface area contributed by atoms with Gasteiger partial charge in [-0.25, -0.2) is 4.39 Å². The average molecular weight is 574 g/mol. The summed E-state index contributed by atoms with van der Waals surface area (Å²) in [5.74, 6) is 0.245. The first-order valence-electron chi connectivity index (χ1n) is 14.3. The predicted octanol–water partition coefficient (Wildman–Crippen LogP) is 4.24. The van der Waals surface area contributed by atoms with Crippen LogP contribution in [0.25, 0.3) is 21.8 Å². The Morgan fingerprint density at radius 3 is 2.76 bits per heavy atom. The molecule has 3 heterocycles. The molecule has 5 aromatic rings. The van der Waals surface area contributed by atoms with Gasteiger partial charge in [0.15, 0.2) is 0 Å². The number of benzene rings is 2. The van der Waals surface area contributed by atoms with Crippen LogP contribution in [-0.2, 0) is 16.1 Å². The number of anilines is 2. The molecular weight excluding hydrogens is 537 g/mol. The van der Waals surface area contributed by atoms with Crippen LogP contribution in [0.15, 0.2) is 48.9 Å². The summed E-state index contributed by atoms with van der Waals surface area (Å²) in [6, 6.07) is 8.99. The van der Waals surface area contributed by atoms with E-state index in [0.717, 1.165) is 52.5 Å². The Hall–Kier alpha value is -4.45. The van der Waals surface area contributed by atoms with Crippen LogP contribution >= 0.6 is 0 Å². The molecule has 11 nitrogen and oxygen atoms in total. The van der Waals surface area contributed by atoms with Gasteiger partial charge in [-0.15, -0.1) is 0 Å².